The quantitative estimate of drug-likeness (QED) is 0.669. The fourth-order valence-corrected chi connectivity index (χ4v) is 3.62. The van der Waals surface area contributed by atoms with Crippen molar-refractivity contribution < 1.29 is 9.90 Å². The molecule has 2 bridgehead atoms. The molecule has 0 radical (unpaired) electrons. The standard InChI is InChI=1S/C11H19NO2/c1-10(2)6-4-7(9(13)14)11(3,12)8(10)5-6/h6-8H,4-5,12H2,1-3H3,(H,13,14)/t6-,7-,8+,11-/m0/s1. The minimum atomic E-state index is -0.722. The molecule has 4 atom stereocenters. The third-order valence-corrected chi connectivity index (χ3v) is 4.79. The summed E-state index contributed by atoms with van der Waals surface area (Å²) in [7, 11) is 0. The van der Waals surface area contributed by atoms with Gasteiger partial charge in [-0.3, -0.25) is 4.79 Å². The molecule has 3 heteroatoms. The lowest BCUT2D eigenvalue weighted by Crippen LogP contribution is -2.69. The van der Waals surface area contributed by atoms with Crippen molar-refractivity contribution in [1.29, 1.82) is 0 Å². The topological polar surface area (TPSA) is 63.3 Å². The van der Waals surface area contributed by atoms with Gasteiger partial charge in [-0.15, -0.1) is 0 Å². The van der Waals surface area contributed by atoms with E-state index in [1.807, 2.05) is 6.92 Å². The average Bonchev–Trinajstić information content (AvgIpc) is 2.00. The number of carboxylic acids is 1. The van der Waals surface area contributed by atoms with E-state index in [0.717, 1.165) is 12.8 Å². The van der Waals surface area contributed by atoms with Crippen LogP contribution < -0.4 is 5.73 Å². The van der Waals surface area contributed by atoms with Gasteiger partial charge < -0.3 is 10.8 Å². The number of carboxylic acid groups (broad SMARTS) is 1. The van der Waals surface area contributed by atoms with Crippen molar-refractivity contribution in [1.82, 2.24) is 0 Å². The van der Waals surface area contributed by atoms with E-state index >= 15 is 0 Å². The average molecular weight is 197 g/mol. The molecule has 0 aromatic rings. The van der Waals surface area contributed by atoms with Gasteiger partial charge in [0, 0.05) is 5.54 Å². The molecular weight excluding hydrogens is 178 g/mol. The second-order valence-corrected chi connectivity index (χ2v) is 5.80. The Morgan fingerprint density at radius 1 is 1.36 bits per heavy atom. The zero-order valence-electron chi connectivity index (χ0n) is 9.08. The molecule has 0 spiro atoms. The summed E-state index contributed by atoms with van der Waals surface area (Å²) in [5, 5.41) is 9.10. The molecule has 3 aliphatic rings. The molecule has 3 aliphatic carbocycles. The predicted octanol–water partition coefficient (Wildman–Crippen LogP) is 1.47. The lowest BCUT2D eigenvalue weighted by molar-refractivity contribution is -0.173. The summed E-state index contributed by atoms with van der Waals surface area (Å²) in [4.78, 5) is 11.1. The van der Waals surface area contributed by atoms with Crippen molar-refractivity contribution in [2.75, 3.05) is 0 Å². The minimum Gasteiger partial charge on any atom is -0.481 e. The van der Waals surface area contributed by atoms with Crippen LogP contribution >= 0.6 is 0 Å². The summed E-state index contributed by atoms with van der Waals surface area (Å²) in [6, 6.07) is 0. The maximum atomic E-state index is 11.1. The SMILES string of the molecule is CC1(C)[C@@H]2C[C@H]1[C@@](C)(N)[C@H](C(=O)O)C2. The molecule has 0 unspecified atom stereocenters. The Bertz CT molecular complexity index is 283. The van der Waals surface area contributed by atoms with E-state index < -0.39 is 11.5 Å². The molecule has 0 heterocycles. The van der Waals surface area contributed by atoms with Gasteiger partial charge in [0.15, 0.2) is 0 Å². The lowest BCUT2D eigenvalue weighted by Gasteiger charge is -2.65. The molecule has 0 aliphatic heterocycles. The molecule has 0 amide bonds. The van der Waals surface area contributed by atoms with Crippen LogP contribution in [-0.4, -0.2) is 16.6 Å². The van der Waals surface area contributed by atoms with Gasteiger partial charge in [0.05, 0.1) is 5.92 Å². The van der Waals surface area contributed by atoms with Crippen LogP contribution in [0.25, 0.3) is 0 Å². The highest BCUT2D eigenvalue weighted by molar-refractivity contribution is 5.72. The maximum Gasteiger partial charge on any atom is 0.308 e. The van der Waals surface area contributed by atoms with Crippen molar-refractivity contribution in [2.45, 2.75) is 39.2 Å². The molecule has 0 aromatic carbocycles. The fourth-order valence-electron chi connectivity index (χ4n) is 3.62. The number of rotatable bonds is 1. The Morgan fingerprint density at radius 2 is 1.93 bits per heavy atom. The monoisotopic (exact) mass is 197 g/mol. The zero-order valence-corrected chi connectivity index (χ0v) is 9.08. The Morgan fingerprint density at radius 3 is 2.29 bits per heavy atom. The highest BCUT2D eigenvalue weighted by Gasteiger charge is 2.63. The van der Waals surface area contributed by atoms with Gasteiger partial charge in [-0.1, -0.05) is 13.8 Å². The third kappa shape index (κ3) is 0.991. The molecule has 0 aromatic heterocycles. The second-order valence-electron chi connectivity index (χ2n) is 5.80. The van der Waals surface area contributed by atoms with Gasteiger partial charge in [0.2, 0.25) is 0 Å². The fraction of sp³-hybridized carbons (Fsp3) is 0.909. The number of fused-ring (bicyclic) bond motifs is 2. The summed E-state index contributed by atoms with van der Waals surface area (Å²) >= 11 is 0. The minimum absolute atomic E-state index is 0.245. The number of carbonyl (C=O) groups is 1. The Hall–Kier alpha value is -0.570. The number of aliphatic carboxylic acids is 1. The van der Waals surface area contributed by atoms with Crippen molar-refractivity contribution >= 4 is 5.97 Å². The molecule has 14 heavy (non-hydrogen) atoms. The van der Waals surface area contributed by atoms with Gasteiger partial charge in [-0.05, 0) is 37.0 Å². The van der Waals surface area contributed by atoms with Crippen LogP contribution in [0.2, 0.25) is 0 Å². The number of hydrogen-bond acceptors (Lipinski definition) is 2. The van der Waals surface area contributed by atoms with Crippen LogP contribution in [0.3, 0.4) is 0 Å². The molecule has 0 saturated heterocycles. The van der Waals surface area contributed by atoms with Crippen molar-refractivity contribution in [2.24, 2.45) is 28.9 Å². The summed E-state index contributed by atoms with van der Waals surface area (Å²) in [5.41, 5.74) is 5.92. The molecule has 3 fully saturated rings. The van der Waals surface area contributed by atoms with Crippen LogP contribution in [0.15, 0.2) is 0 Å². The summed E-state index contributed by atoms with van der Waals surface area (Å²) in [6.45, 7) is 6.34. The number of hydrogen-bond donors (Lipinski definition) is 2. The largest absolute Gasteiger partial charge is 0.481 e. The summed E-state index contributed by atoms with van der Waals surface area (Å²) in [6.07, 6.45) is 1.87. The van der Waals surface area contributed by atoms with Crippen LogP contribution in [0.4, 0.5) is 0 Å². The molecule has 3 saturated carbocycles. The van der Waals surface area contributed by atoms with E-state index in [0.29, 0.717) is 11.8 Å². The second kappa shape index (κ2) is 2.51. The van der Waals surface area contributed by atoms with E-state index in [2.05, 4.69) is 13.8 Å². The Balaban J connectivity index is 2.29. The van der Waals surface area contributed by atoms with Crippen LogP contribution in [0, 0.1) is 23.2 Å². The van der Waals surface area contributed by atoms with E-state index in [1.54, 1.807) is 0 Å². The molecular formula is C11H19NO2. The third-order valence-electron chi connectivity index (χ3n) is 4.79. The highest BCUT2D eigenvalue weighted by atomic mass is 16.4. The first kappa shape index (κ1) is 9.97. The molecule has 80 valence electrons. The highest BCUT2D eigenvalue weighted by Crippen LogP contribution is 2.63. The van der Waals surface area contributed by atoms with Crippen LogP contribution in [-0.2, 0) is 4.79 Å². The van der Waals surface area contributed by atoms with Gasteiger partial charge in [0.1, 0.15) is 0 Å². The Kier molecular flexibility index (Phi) is 1.79. The normalized spacial score (nSPS) is 49.6. The van der Waals surface area contributed by atoms with E-state index in [1.165, 1.54) is 0 Å². The first-order chi connectivity index (χ1) is 6.28. The van der Waals surface area contributed by atoms with Crippen molar-refractivity contribution in [3.63, 3.8) is 0 Å². The first-order valence-corrected chi connectivity index (χ1v) is 5.29. The molecule has 3 rings (SSSR count). The Labute approximate surface area is 84.7 Å². The zero-order chi connectivity index (χ0) is 10.7. The van der Waals surface area contributed by atoms with Crippen molar-refractivity contribution in [3.8, 4) is 0 Å². The summed E-state index contributed by atoms with van der Waals surface area (Å²) in [5.74, 6) is -0.139. The maximum absolute atomic E-state index is 11.1. The lowest BCUT2D eigenvalue weighted by atomic mass is 9.41. The van der Waals surface area contributed by atoms with Crippen LogP contribution in [0.1, 0.15) is 33.6 Å². The van der Waals surface area contributed by atoms with Gasteiger partial charge in [-0.25, -0.2) is 0 Å². The van der Waals surface area contributed by atoms with E-state index in [-0.39, 0.29) is 11.3 Å². The van der Waals surface area contributed by atoms with Crippen LogP contribution in [0.5, 0.6) is 0 Å². The van der Waals surface area contributed by atoms with Crippen molar-refractivity contribution in [3.05, 3.63) is 0 Å². The molecule has 3 N–H and O–H groups in total. The first-order valence-electron chi connectivity index (χ1n) is 5.29. The van der Waals surface area contributed by atoms with Gasteiger partial charge in [-0.2, -0.15) is 0 Å². The summed E-state index contributed by atoms with van der Waals surface area (Å²) < 4.78 is 0. The predicted molar refractivity (Wildman–Crippen MR) is 53.7 cm³/mol. The smallest absolute Gasteiger partial charge is 0.308 e. The van der Waals surface area contributed by atoms with Gasteiger partial charge in [0.25, 0.3) is 0 Å². The van der Waals surface area contributed by atoms with E-state index in [4.69, 9.17) is 10.8 Å². The van der Waals surface area contributed by atoms with Gasteiger partial charge >= 0.3 is 5.97 Å². The molecule has 3 nitrogen and oxygen atoms in total. The van der Waals surface area contributed by atoms with E-state index in [9.17, 15) is 4.79 Å². The number of nitrogens with two attached hydrogens (primary N) is 1.